The van der Waals surface area contributed by atoms with Gasteiger partial charge in [0, 0.05) is 28.3 Å². The summed E-state index contributed by atoms with van der Waals surface area (Å²) in [6.07, 6.45) is 0. The minimum atomic E-state index is -0.448. The predicted molar refractivity (Wildman–Crippen MR) is 114 cm³/mol. The van der Waals surface area contributed by atoms with Crippen molar-refractivity contribution in [1.29, 1.82) is 0 Å². The molecule has 0 radical (unpaired) electrons. The van der Waals surface area contributed by atoms with E-state index in [0.717, 1.165) is 5.56 Å². The zero-order valence-corrected chi connectivity index (χ0v) is 17.7. The van der Waals surface area contributed by atoms with E-state index in [1.165, 1.54) is 13.0 Å². The summed E-state index contributed by atoms with van der Waals surface area (Å²) in [7, 11) is 3.57. The number of hydrogen-bond donors (Lipinski definition) is 1. The first kappa shape index (κ1) is 21.7. The van der Waals surface area contributed by atoms with E-state index in [2.05, 4.69) is 5.32 Å². The zero-order valence-electron chi connectivity index (χ0n) is 16.9. The van der Waals surface area contributed by atoms with Gasteiger partial charge < -0.3 is 14.6 Å². The van der Waals surface area contributed by atoms with Crippen LogP contribution in [0.15, 0.2) is 59.0 Å². The third-order valence-corrected chi connectivity index (χ3v) is 5.15. The highest BCUT2D eigenvalue weighted by Crippen LogP contribution is 2.29. The molecule has 7 heteroatoms. The number of benzene rings is 2. The number of carbonyl (C=O) groups excluding carboxylic acids is 2. The van der Waals surface area contributed by atoms with Crippen LogP contribution in [0, 0.1) is 5.82 Å². The molecule has 1 aromatic heterocycles. The Morgan fingerprint density at radius 1 is 1.10 bits per heavy atom. The molecule has 0 bridgehead atoms. The number of halogens is 2. The normalized spacial score (nSPS) is 12.1. The number of hydrogen-bond acceptors (Lipinski definition) is 4. The van der Waals surface area contributed by atoms with Crippen LogP contribution in [-0.4, -0.2) is 37.2 Å². The number of Topliss-reactive ketones (excluding diaryl/α,β-unsaturated/α-hetero) is 1. The van der Waals surface area contributed by atoms with Crippen LogP contribution in [0.4, 0.5) is 4.39 Å². The van der Waals surface area contributed by atoms with Gasteiger partial charge >= 0.3 is 0 Å². The second kappa shape index (κ2) is 9.24. The fourth-order valence-electron chi connectivity index (χ4n) is 3.13. The Bertz CT molecular complexity index is 1040. The second-order valence-electron chi connectivity index (χ2n) is 7.12. The molecular formula is C23H22ClFN2O3. The van der Waals surface area contributed by atoms with Gasteiger partial charge in [0.1, 0.15) is 11.6 Å². The van der Waals surface area contributed by atoms with Crippen molar-refractivity contribution < 1.29 is 18.4 Å². The maximum absolute atomic E-state index is 14.3. The minimum absolute atomic E-state index is 0.0218. The molecule has 0 saturated carbocycles. The molecule has 1 N–H and O–H groups in total. The third kappa shape index (κ3) is 4.78. The van der Waals surface area contributed by atoms with Gasteiger partial charge in [-0.05, 0) is 45.3 Å². The molecule has 30 heavy (non-hydrogen) atoms. The van der Waals surface area contributed by atoms with Crippen molar-refractivity contribution in [3.8, 4) is 11.3 Å². The molecule has 156 valence electrons. The lowest BCUT2D eigenvalue weighted by molar-refractivity contribution is 0.0914. The number of likely N-dealkylation sites (N-methyl/N-ethyl adjacent to an activating group) is 1. The molecule has 0 aliphatic heterocycles. The third-order valence-electron chi connectivity index (χ3n) is 4.82. The van der Waals surface area contributed by atoms with Gasteiger partial charge in [0.25, 0.3) is 5.91 Å². The van der Waals surface area contributed by atoms with E-state index >= 15 is 0 Å². The Labute approximate surface area is 179 Å². The molecule has 0 aliphatic rings. The Kier molecular flexibility index (Phi) is 6.70. The van der Waals surface area contributed by atoms with Gasteiger partial charge in [0.05, 0.1) is 6.04 Å². The van der Waals surface area contributed by atoms with Crippen LogP contribution in [0.2, 0.25) is 5.02 Å². The van der Waals surface area contributed by atoms with E-state index in [4.69, 9.17) is 16.0 Å². The van der Waals surface area contributed by atoms with Crippen LogP contribution < -0.4 is 5.32 Å². The number of ketones is 1. The van der Waals surface area contributed by atoms with Crippen molar-refractivity contribution >= 4 is 23.3 Å². The summed E-state index contributed by atoms with van der Waals surface area (Å²) in [5, 5.41) is 3.08. The van der Waals surface area contributed by atoms with E-state index in [-0.39, 0.29) is 18.1 Å². The highest BCUT2D eigenvalue weighted by molar-refractivity contribution is 6.31. The van der Waals surface area contributed by atoms with E-state index < -0.39 is 17.8 Å². The maximum Gasteiger partial charge on any atom is 0.287 e. The average Bonchev–Trinajstić information content (AvgIpc) is 3.20. The van der Waals surface area contributed by atoms with Crippen LogP contribution in [0.5, 0.6) is 0 Å². The van der Waals surface area contributed by atoms with Crippen LogP contribution >= 0.6 is 11.6 Å². The van der Waals surface area contributed by atoms with Crippen LogP contribution in [0.3, 0.4) is 0 Å². The summed E-state index contributed by atoms with van der Waals surface area (Å²) in [6.45, 7) is 1.65. The molecule has 0 unspecified atom stereocenters. The Balaban J connectivity index is 1.72. The van der Waals surface area contributed by atoms with Crippen molar-refractivity contribution in [2.24, 2.45) is 0 Å². The number of nitrogens with zero attached hydrogens (tertiary/aromatic N) is 1. The smallest absolute Gasteiger partial charge is 0.287 e. The van der Waals surface area contributed by atoms with Crippen LogP contribution in [-0.2, 0) is 0 Å². The number of furan rings is 1. The molecular weight excluding hydrogens is 407 g/mol. The molecule has 1 atom stereocenters. The van der Waals surface area contributed by atoms with Crippen LogP contribution in [0.1, 0.15) is 39.4 Å². The summed E-state index contributed by atoms with van der Waals surface area (Å²) in [5.74, 6) is -0.216. The molecule has 1 heterocycles. The molecule has 3 rings (SSSR count). The first-order valence-corrected chi connectivity index (χ1v) is 9.75. The Hall–Kier alpha value is -2.96. The molecule has 0 fully saturated rings. The van der Waals surface area contributed by atoms with Gasteiger partial charge in [-0.25, -0.2) is 4.39 Å². The van der Waals surface area contributed by atoms with E-state index in [1.807, 2.05) is 0 Å². The first-order valence-electron chi connectivity index (χ1n) is 9.37. The minimum Gasteiger partial charge on any atom is -0.451 e. The summed E-state index contributed by atoms with van der Waals surface area (Å²) in [4.78, 5) is 25.7. The predicted octanol–water partition coefficient (Wildman–Crippen LogP) is 4.97. The molecule has 2 aromatic carbocycles. The van der Waals surface area contributed by atoms with E-state index in [9.17, 15) is 14.0 Å². The SMILES string of the molecule is CC(=O)c1ccc(-c2ccc(C(=O)NC[C@@H](c3c(F)cccc3Cl)N(C)C)o2)cc1. The van der Waals surface area contributed by atoms with Crippen molar-refractivity contribution in [2.45, 2.75) is 13.0 Å². The average molecular weight is 429 g/mol. The van der Waals surface area contributed by atoms with Gasteiger partial charge in [-0.15, -0.1) is 0 Å². The zero-order chi connectivity index (χ0) is 21.8. The first-order chi connectivity index (χ1) is 14.3. The van der Waals surface area contributed by atoms with E-state index in [0.29, 0.717) is 21.9 Å². The number of nitrogens with one attached hydrogen (secondary N) is 1. The molecule has 0 aliphatic carbocycles. The highest BCUT2D eigenvalue weighted by Gasteiger charge is 2.23. The fourth-order valence-corrected chi connectivity index (χ4v) is 3.42. The van der Waals surface area contributed by atoms with Crippen LogP contribution in [0.25, 0.3) is 11.3 Å². The lowest BCUT2D eigenvalue weighted by Gasteiger charge is -2.26. The highest BCUT2D eigenvalue weighted by atomic mass is 35.5. The van der Waals surface area contributed by atoms with Crippen molar-refractivity contribution in [1.82, 2.24) is 10.2 Å². The van der Waals surface area contributed by atoms with E-state index in [1.54, 1.807) is 67.5 Å². The molecule has 0 saturated heterocycles. The topological polar surface area (TPSA) is 62.6 Å². The quantitative estimate of drug-likeness (QED) is 0.539. The largest absolute Gasteiger partial charge is 0.451 e. The maximum atomic E-state index is 14.3. The van der Waals surface area contributed by atoms with Gasteiger partial charge in [-0.2, -0.15) is 0 Å². The number of rotatable bonds is 7. The molecule has 5 nitrogen and oxygen atoms in total. The lowest BCUT2D eigenvalue weighted by Crippen LogP contribution is -2.35. The Morgan fingerprint density at radius 2 is 1.80 bits per heavy atom. The Morgan fingerprint density at radius 3 is 2.40 bits per heavy atom. The van der Waals surface area contributed by atoms with Gasteiger partial charge in [-0.1, -0.05) is 41.9 Å². The summed E-state index contributed by atoms with van der Waals surface area (Å²) in [6, 6.07) is 14.3. The molecule has 3 aromatic rings. The number of carbonyl (C=O) groups is 2. The second-order valence-corrected chi connectivity index (χ2v) is 7.53. The summed E-state index contributed by atoms with van der Waals surface area (Å²) >= 11 is 6.18. The van der Waals surface area contributed by atoms with Gasteiger partial charge in [0.15, 0.2) is 11.5 Å². The van der Waals surface area contributed by atoms with Gasteiger partial charge in [0.2, 0.25) is 0 Å². The van der Waals surface area contributed by atoms with Crippen molar-refractivity contribution in [3.05, 3.63) is 82.3 Å². The summed E-state index contributed by atoms with van der Waals surface area (Å²) in [5.41, 5.74) is 1.68. The van der Waals surface area contributed by atoms with Gasteiger partial charge in [-0.3, -0.25) is 9.59 Å². The molecule has 0 spiro atoms. The summed E-state index contributed by atoms with van der Waals surface area (Å²) < 4.78 is 20.0. The van der Waals surface area contributed by atoms with Crippen molar-refractivity contribution in [3.63, 3.8) is 0 Å². The monoisotopic (exact) mass is 428 g/mol. The standard InChI is InChI=1S/C23H22ClFN2O3/c1-14(28)15-7-9-16(10-8-15)20-11-12-21(30-20)23(29)26-13-19(27(2)3)22-17(24)5-4-6-18(22)25/h4-12,19H,13H2,1-3H3,(H,26,29)/t19-/m0/s1. The van der Waals surface area contributed by atoms with Crippen molar-refractivity contribution in [2.75, 3.05) is 20.6 Å². The lowest BCUT2D eigenvalue weighted by atomic mass is 10.0. The fraction of sp³-hybridized carbons (Fsp3) is 0.217. The number of amides is 1. The molecule has 1 amide bonds.